The number of rotatable bonds is 2. The van der Waals surface area contributed by atoms with Crippen LogP contribution in [0, 0.1) is 6.92 Å². The summed E-state index contributed by atoms with van der Waals surface area (Å²) in [6.07, 6.45) is 1.63. The molecular weight excluding hydrogens is 214 g/mol. The van der Waals surface area contributed by atoms with Gasteiger partial charge in [0.15, 0.2) is 0 Å². The first-order chi connectivity index (χ1) is 8.18. The van der Waals surface area contributed by atoms with Crippen LogP contribution >= 0.6 is 0 Å². The molecule has 0 fully saturated rings. The van der Waals surface area contributed by atoms with Crippen LogP contribution in [0.15, 0.2) is 48.7 Å². The van der Waals surface area contributed by atoms with Gasteiger partial charge in [-0.2, -0.15) is 0 Å². The number of carbonyl (C=O) groups excluding carboxylic acids is 1. The number of hydrogen-bond acceptors (Lipinski definition) is 2. The summed E-state index contributed by atoms with van der Waals surface area (Å²) in [5, 5.41) is 0. The first-order valence-electron chi connectivity index (χ1n) is 5.26. The third-order valence-corrected chi connectivity index (χ3v) is 2.39. The number of hydrogen-bond donors (Lipinski definition) is 1. The van der Waals surface area contributed by atoms with Crippen LogP contribution < -0.4 is 10.6 Å². The van der Waals surface area contributed by atoms with Crippen LogP contribution in [0.1, 0.15) is 5.69 Å². The van der Waals surface area contributed by atoms with Crippen LogP contribution in [0.4, 0.5) is 16.2 Å². The lowest BCUT2D eigenvalue weighted by Gasteiger charge is -2.20. The van der Waals surface area contributed by atoms with Gasteiger partial charge in [-0.3, -0.25) is 9.88 Å². The highest BCUT2D eigenvalue weighted by atomic mass is 16.2. The van der Waals surface area contributed by atoms with E-state index >= 15 is 0 Å². The molecule has 0 aliphatic rings. The van der Waals surface area contributed by atoms with Crippen LogP contribution in [0.5, 0.6) is 0 Å². The number of carbonyl (C=O) groups is 1. The summed E-state index contributed by atoms with van der Waals surface area (Å²) >= 11 is 0. The molecule has 17 heavy (non-hydrogen) atoms. The lowest BCUT2D eigenvalue weighted by Crippen LogP contribution is -2.31. The van der Waals surface area contributed by atoms with Gasteiger partial charge in [-0.25, -0.2) is 4.79 Å². The van der Waals surface area contributed by atoms with Crippen molar-refractivity contribution >= 4 is 17.4 Å². The summed E-state index contributed by atoms with van der Waals surface area (Å²) < 4.78 is 0. The first-order valence-corrected chi connectivity index (χ1v) is 5.26. The first kappa shape index (κ1) is 11.1. The van der Waals surface area contributed by atoms with Crippen molar-refractivity contribution in [2.45, 2.75) is 6.92 Å². The molecule has 0 unspecified atom stereocenters. The molecule has 1 aromatic carbocycles. The molecule has 4 nitrogen and oxygen atoms in total. The Morgan fingerprint density at radius 2 is 1.82 bits per heavy atom. The lowest BCUT2D eigenvalue weighted by molar-refractivity contribution is 0.256. The zero-order chi connectivity index (χ0) is 12.3. The molecule has 2 amide bonds. The van der Waals surface area contributed by atoms with Crippen molar-refractivity contribution in [1.29, 1.82) is 0 Å². The quantitative estimate of drug-likeness (QED) is 0.857. The molecule has 2 rings (SSSR count). The maximum atomic E-state index is 11.5. The predicted octanol–water partition coefficient (Wildman–Crippen LogP) is 2.61. The van der Waals surface area contributed by atoms with Crippen molar-refractivity contribution in [3.8, 4) is 0 Å². The molecule has 1 heterocycles. The van der Waals surface area contributed by atoms with E-state index < -0.39 is 6.03 Å². The van der Waals surface area contributed by atoms with Crippen molar-refractivity contribution in [2.75, 3.05) is 4.90 Å². The average molecular weight is 227 g/mol. The van der Waals surface area contributed by atoms with Crippen LogP contribution in [-0.2, 0) is 0 Å². The number of pyridine rings is 1. The normalized spacial score (nSPS) is 9.94. The Kier molecular flexibility index (Phi) is 3.05. The fraction of sp³-hybridized carbons (Fsp3) is 0.0769. The summed E-state index contributed by atoms with van der Waals surface area (Å²) in [5.41, 5.74) is 7.68. The summed E-state index contributed by atoms with van der Waals surface area (Å²) in [6.45, 7) is 1.89. The number of aryl methyl sites for hydroxylation is 1. The molecule has 0 aliphatic heterocycles. The number of anilines is 2. The van der Waals surface area contributed by atoms with Crippen LogP contribution in [0.3, 0.4) is 0 Å². The van der Waals surface area contributed by atoms with Crippen molar-refractivity contribution in [3.05, 3.63) is 54.4 Å². The van der Waals surface area contributed by atoms with Crippen LogP contribution in [0.2, 0.25) is 0 Å². The van der Waals surface area contributed by atoms with Gasteiger partial charge in [0.05, 0.1) is 17.6 Å². The standard InChI is InChI=1S/C13H13N3O/c1-10-7-8-12(9-15-10)16(13(14)17)11-5-3-2-4-6-11/h2-9H,1H3,(H2,14,17). The van der Waals surface area contributed by atoms with Gasteiger partial charge in [-0.15, -0.1) is 0 Å². The zero-order valence-electron chi connectivity index (χ0n) is 9.50. The number of para-hydroxylation sites is 1. The smallest absolute Gasteiger partial charge is 0.323 e. The minimum Gasteiger partial charge on any atom is -0.351 e. The van der Waals surface area contributed by atoms with E-state index in [0.717, 1.165) is 11.4 Å². The maximum Gasteiger partial charge on any atom is 0.323 e. The summed E-state index contributed by atoms with van der Waals surface area (Å²) in [5.74, 6) is 0. The topological polar surface area (TPSA) is 59.2 Å². The molecule has 0 bridgehead atoms. The molecule has 4 heteroatoms. The number of urea groups is 1. The monoisotopic (exact) mass is 227 g/mol. The Labute approximate surface area is 99.7 Å². The van der Waals surface area contributed by atoms with Gasteiger partial charge < -0.3 is 5.73 Å². The van der Waals surface area contributed by atoms with Crippen LogP contribution in [-0.4, -0.2) is 11.0 Å². The summed E-state index contributed by atoms with van der Waals surface area (Å²) in [7, 11) is 0. The molecule has 86 valence electrons. The molecule has 0 aliphatic carbocycles. The molecule has 1 aromatic heterocycles. The van der Waals surface area contributed by atoms with E-state index in [0.29, 0.717) is 5.69 Å². The molecule has 0 saturated carbocycles. The van der Waals surface area contributed by atoms with Crippen molar-refractivity contribution in [2.24, 2.45) is 5.73 Å². The van der Waals surface area contributed by atoms with Gasteiger partial charge in [-0.05, 0) is 31.2 Å². The van der Waals surface area contributed by atoms with Gasteiger partial charge in [0.1, 0.15) is 0 Å². The Morgan fingerprint density at radius 3 is 2.35 bits per heavy atom. The average Bonchev–Trinajstić information content (AvgIpc) is 2.33. The Balaban J connectivity index is 2.43. The maximum absolute atomic E-state index is 11.5. The number of nitrogens with two attached hydrogens (primary N) is 1. The third kappa shape index (κ3) is 2.42. The molecule has 0 radical (unpaired) electrons. The second-order valence-corrected chi connectivity index (χ2v) is 3.67. The highest BCUT2D eigenvalue weighted by molar-refractivity contribution is 5.98. The zero-order valence-corrected chi connectivity index (χ0v) is 9.50. The summed E-state index contributed by atoms with van der Waals surface area (Å²) in [6, 6.07) is 12.4. The van der Waals surface area contributed by atoms with E-state index in [2.05, 4.69) is 4.98 Å². The highest BCUT2D eigenvalue weighted by Gasteiger charge is 2.14. The SMILES string of the molecule is Cc1ccc(N(C(N)=O)c2ccccc2)cn1. The molecule has 0 spiro atoms. The molecule has 0 atom stereocenters. The predicted molar refractivity (Wildman–Crippen MR) is 67.1 cm³/mol. The highest BCUT2D eigenvalue weighted by Crippen LogP contribution is 2.23. The summed E-state index contributed by atoms with van der Waals surface area (Å²) in [4.78, 5) is 17.1. The second-order valence-electron chi connectivity index (χ2n) is 3.67. The lowest BCUT2D eigenvalue weighted by atomic mass is 10.2. The van der Waals surface area contributed by atoms with E-state index in [4.69, 9.17) is 5.73 Å². The van der Waals surface area contributed by atoms with E-state index in [9.17, 15) is 4.79 Å². The number of nitrogens with zero attached hydrogens (tertiary/aromatic N) is 2. The third-order valence-electron chi connectivity index (χ3n) is 2.39. The van der Waals surface area contributed by atoms with Crippen LogP contribution in [0.25, 0.3) is 0 Å². The van der Waals surface area contributed by atoms with Gasteiger partial charge in [-0.1, -0.05) is 18.2 Å². The van der Waals surface area contributed by atoms with Gasteiger partial charge in [0.2, 0.25) is 0 Å². The van der Waals surface area contributed by atoms with E-state index in [1.807, 2.05) is 49.4 Å². The number of amides is 2. The minimum atomic E-state index is -0.526. The molecular formula is C13H13N3O. The van der Waals surface area contributed by atoms with Gasteiger partial charge in [0.25, 0.3) is 0 Å². The van der Waals surface area contributed by atoms with Gasteiger partial charge in [0, 0.05) is 5.69 Å². The van der Waals surface area contributed by atoms with E-state index in [1.165, 1.54) is 4.90 Å². The molecule has 2 N–H and O–H groups in total. The van der Waals surface area contributed by atoms with Gasteiger partial charge >= 0.3 is 6.03 Å². The van der Waals surface area contributed by atoms with Crippen molar-refractivity contribution in [3.63, 3.8) is 0 Å². The number of aromatic nitrogens is 1. The number of benzene rings is 1. The van der Waals surface area contributed by atoms with E-state index in [1.54, 1.807) is 6.20 Å². The number of primary amides is 1. The molecule has 2 aromatic rings. The Bertz CT molecular complexity index is 508. The minimum absolute atomic E-state index is 0.526. The Hall–Kier alpha value is -2.36. The molecule has 0 saturated heterocycles. The Morgan fingerprint density at radius 1 is 1.12 bits per heavy atom. The largest absolute Gasteiger partial charge is 0.351 e. The van der Waals surface area contributed by atoms with E-state index in [-0.39, 0.29) is 0 Å². The van der Waals surface area contributed by atoms with Crippen molar-refractivity contribution < 1.29 is 4.79 Å². The fourth-order valence-corrected chi connectivity index (χ4v) is 1.57. The second kappa shape index (κ2) is 4.65. The fourth-order valence-electron chi connectivity index (χ4n) is 1.57. The van der Waals surface area contributed by atoms with Crippen molar-refractivity contribution in [1.82, 2.24) is 4.98 Å².